The molecule has 2 rings (SSSR count). The SMILES string of the molecule is CC[C@H](CNC(=O)[C@H](C)OC(=O)COc1ccc(F)cc1)c1ccccc1. The Labute approximate surface area is 158 Å². The normalized spacial score (nSPS) is 12.7. The van der Waals surface area contributed by atoms with Gasteiger partial charge in [-0.05, 0) is 43.2 Å². The van der Waals surface area contributed by atoms with E-state index in [4.69, 9.17) is 9.47 Å². The molecule has 6 heteroatoms. The molecular weight excluding hydrogens is 349 g/mol. The monoisotopic (exact) mass is 373 g/mol. The molecule has 0 aliphatic rings. The lowest BCUT2D eigenvalue weighted by Gasteiger charge is -2.18. The summed E-state index contributed by atoms with van der Waals surface area (Å²) in [5.41, 5.74) is 1.15. The molecule has 0 spiro atoms. The molecule has 1 amide bonds. The second kappa shape index (κ2) is 10.3. The predicted octanol–water partition coefficient (Wildman–Crippen LogP) is 3.45. The van der Waals surface area contributed by atoms with Crippen LogP contribution >= 0.6 is 0 Å². The van der Waals surface area contributed by atoms with Gasteiger partial charge in [0.05, 0.1) is 0 Å². The highest BCUT2D eigenvalue weighted by Crippen LogP contribution is 2.18. The van der Waals surface area contributed by atoms with Crippen molar-refractivity contribution in [1.29, 1.82) is 0 Å². The van der Waals surface area contributed by atoms with E-state index in [-0.39, 0.29) is 18.4 Å². The number of halogens is 1. The molecule has 0 radical (unpaired) electrons. The summed E-state index contributed by atoms with van der Waals surface area (Å²) in [7, 11) is 0. The summed E-state index contributed by atoms with van der Waals surface area (Å²) >= 11 is 0. The van der Waals surface area contributed by atoms with Gasteiger partial charge in [0.1, 0.15) is 11.6 Å². The van der Waals surface area contributed by atoms with E-state index >= 15 is 0 Å². The smallest absolute Gasteiger partial charge is 0.344 e. The van der Waals surface area contributed by atoms with E-state index in [1.165, 1.54) is 31.2 Å². The van der Waals surface area contributed by atoms with Gasteiger partial charge >= 0.3 is 5.97 Å². The minimum absolute atomic E-state index is 0.194. The van der Waals surface area contributed by atoms with Crippen LogP contribution in [0.15, 0.2) is 54.6 Å². The number of nitrogens with one attached hydrogen (secondary N) is 1. The van der Waals surface area contributed by atoms with E-state index in [1.54, 1.807) is 0 Å². The molecule has 144 valence electrons. The van der Waals surface area contributed by atoms with Crippen LogP contribution in [-0.2, 0) is 14.3 Å². The quantitative estimate of drug-likeness (QED) is 0.684. The van der Waals surface area contributed by atoms with Crippen LogP contribution in [0.25, 0.3) is 0 Å². The Kier molecular flexibility index (Phi) is 7.79. The molecule has 0 fully saturated rings. The Balaban J connectivity index is 1.75. The Morgan fingerprint density at radius 2 is 1.74 bits per heavy atom. The van der Waals surface area contributed by atoms with Crippen molar-refractivity contribution in [2.75, 3.05) is 13.2 Å². The van der Waals surface area contributed by atoms with Crippen molar-refractivity contribution in [3.8, 4) is 5.75 Å². The standard InChI is InChI=1S/C21H24FNO4/c1-3-16(17-7-5-4-6-8-17)13-23-21(25)15(2)27-20(24)14-26-19-11-9-18(22)10-12-19/h4-12,15-16H,3,13-14H2,1-2H3,(H,23,25)/t15-,16+/m0/s1. The van der Waals surface area contributed by atoms with E-state index in [0.29, 0.717) is 12.3 Å². The Bertz CT molecular complexity index is 734. The van der Waals surface area contributed by atoms with Crippen molar-refractivity contribution >= 4 is 11.9 Å². The minimum atomic E-state index is -0.928. The van der Waals surface area contributed by atoms with Gasteiger partial charge in [0.15, 0.2) is 12.7 Å². The Morgan fingerprint density at radius 1 is 1.07 bits per heavy atom. The lowest BCUT2D eigenvalue weighted by molar-refractivity contribution is -0.156. The van der Waals surface area contributed by atoms with Crippen LogP contribution in [0.3, 0.4) is 0 Å². The van der Waals surface area contributed by atoms with Gasteiger partial charge in [-0.15, -0.1) is 0 Å². The molecule has 2 atom stereocenters. The first-order valence-corrected chi connectivity index (χ1v) is 8.90. The van der Waals surface area contributed by atoms with Crippen molar-refractivity contribution in [3.63, 3.8) is 0 Å². The van der Waals surface area contributed by atoms with Crippen LogP contribution in [0.4, 0.5) is 4.39 Å². The van der Waals surface area contributed by atoms with Crippen molar-refractivity contribution in [1.82, 2.24) is 5.32 Å². The predicted molar refractivity (Wildman–Crippen MR) is 99.9 cm³/mol. The fourth-order valence-electron chi connectivity index (χ4n) is 2.55. The van der Waals surface area contributed by atoms with Gasteiger partial charge in [-0.1, -0.05) is 37.3 Å². The fourth-order valence-corrected chi connectivity index (χ4v) is 2.55. The molecule has 0 saturated carbocycles. The van der Waals surface area contributed by atoms with Crippen LogP contribution in [0, 0.1) is 5.82 Å². The van der Waals surface area contributed by atoms with E-state index in [1.807, 2.05) is 30.3 Å². The molecule has 1 N–H and O–H groups in total. The molecule has 27 heavy (non-hydrogen) atoms. The topological polar surface area (TPSA) is 64.6 Å². The number of benzene rings is 2. The number of hydrogen-bond acceptors (Lipinski definition) is 4. The number of ether oxygens (including phenoxy) is 2. The van der Waals surface area contributed by atoms with Gasteiger partial charge in [0, 0.05) is 12.5 Å². The second-order valence-electron chi connectivity index (χ2n) is 6.14. The van der Waals surface area contributed by atoms with Gasteiger partial charge in [-0.25, -0.2) is 9.18 Å². The Morgan fingerprint density at radius 3 is 2.37 bits per heavy atom. The molecule has 0 aromatic heterocycles. The second-order valence-corrected chi connectivity index (χ2v) is 6.14. The van der Waals surface area contributed by atoms with Gasteiger partial charge in [-0.3, -0.25) is 4.79 Å². The molecule has 0 saturated heterocycles. The highest BCUT2D eigenvalue weighted by Gasteiger charge is 2.19. The number of carbonyl (C=O) groups excluding carboxylic acids is 2. The van der Waals surface area contributed by atoms with Crippen LogP contribution < -0.4 is 10.1 Å². The molecule has 5 nitrogen and oxygen atoms in total. The fraction of sp³-hybridized carbons (Fsp3) is 0.333. The van der Waals surface area contributed by atoms with E-state index < -0.39 is 17.9 Å². The average molecular weight is 373 g/mol. The number of rotatable bonds is 9. The van der Waals surface area contributed by atoms with Gasteiger partial charge in [0.2, 0.25) is 0 Å². The Hall–Kier alpha value is -2.89. The zero-order valence-electron chi connectivity index (χ0n) is 15.5. The first-order valence-electron chi connectivity index (χ1n) is 8.90. The minimum Gasteiger partial charge on any atom is -0.482 e. The molecule has 0 bridgehead atoms. The number of carbonyl (C=O) groups is 2. The summed E-state index contributed by atoms with van der Waals surface area (Å²) in [5.74, 6) is -0.883. The maximum Gasteiger partial charge on any atom is 0.344 e. The third-order valence-corrected chi connectivity index (χ3v) is 4.13. The van der Waals surface area contributed by atoms with Crippen molar-refractivity contribution in [3.05, 3.63) is 66.0 Å². The van der Waals surface area contributed by atoms with Crippen molar-refractivity contribution < 1.29 is 23.5 Å². The van der Waals surface area contributed by atoms with Crippen LogP contribution in [-0.4, -0.2) is 31.1 Å². The summed E-state index contributed by atoms with van der Waals surface area (Å²) in [4.78, 5) is 24.0. The van der Waals surface area contributed by atoms with Crippen molar-refractivity contribution in [2.24, 2.45) is 0 Å². The first-order chi connectivity index (χ1) is 13.0. The third kappa shape index (κ3) is 6.73. The molecular formula is C21H24FNO4. The number of amides is 1. The highest BCUT2D eigenvalue weighted by atomic mass is 19.1. The largest absolute Gasteiger partial charge is 0.482 e. The third-order valence-electron chi connectivity index (χ3n) is 4.13. The lowest BCUT2D eigenvalue weighted by Crippen LogP contribution is -2.38. The van der Waals surface area contributed by atoms with E-state index in [9.17, 15) is 14.0 Å². The molecule has 2 aromatic carbocycles. The van der Waals surface area contributed by atoms with Gasteiger partial charge in [0.25, 0.3) is 5.91 Å². The highest BCUT2D eigenvalue weighted by molar-refractivity contribution is 5.83. The summed E-state index contributed by atoms with van der Waals surface area (Å²) in [6.45, 7) is 3.67. The summed E-state index contributed by atoms with van der Waals surface area (Å²) < 4.78 is 23.1. The van der Waals surface area contributed by atoms with E-state index in [2.05, 4.69) is 12.2 Å². The zero-order valence-corrected chi connectivity index (χ0v) is 15.5. The van der Waals surface area contributed by atoms with Crippen molar-refractivity contribution in [2.45, 2.75) is 32.3 Å². The van der Waals surface area contributed by atoms with E-state index in [0.717, 1.165) is 12.0 Å². The summed E-state index contributed by atoms with van der Waals surface area (Å²) in [6.07, 6.45) is -0.0492. The van der Waals surface area contributed by atoms with Gasteiger partial charge in [-0.2, -0.15) is 0 Å². The zero-order chi connectivity index (χ0) is 19.6. The maximum absolute atomic E-state index is 12.8. The molecule has 0 unspecified atom stereocenters. The molecule has 2 aromatic rings. The number of esters is 1. The first kappa shape index (κ1) is 20.4. The molecule has 0 aliphatic heterocycles. The van der Waals surface area contributed by atoms with Crippen LogP contribution in [0.2, 0.25) is 0 Å². The summed E-state index contributed by atoms with van der Waals surface area (Å²) in [5, 5.41) is 2.82. The van der Waals surface area contributed by atoms with Crippen LogP contribution in [0.1, 0.15) is 31.7 Å². The van der Waals surface area contributed by atoms with Crippen LogP contribution in [0.5, 0.6) is 5.75 Å². The molecule has 0 heterocycles. The van der Waals surface area contributed by atoms with Gasteiger partial charge < -0.3 is 14.8 Å². The lowest BCUT2D eigenvalue weighted by atomic mass is 9.96. The maximum atomic E-state index is 12.8. The summed E-state index contributed by atoms with van der Waals surface area (Å²) in [6, 6.07) is 15.2. The average Bonchev–Trinajstić information content (AvgIpc) is 2.68. The molecule has 0 aliphatic carbocycles. The number of hydrogen-bond donors (Lipinski definition) is 1.